The van der Waals surface area contributed by atoms with Crippen molar-refractivity contribution in [3.63, 3.8) is 0 Å². The Kier molecular flexibility index (Phi) is 12.1. The van der Waals surface area contributed by atoms with E-state index in [2.05, 4.69) is 39.8 Å². The second-order valence-corrected chi connectivity index (χ2v) is 8.27. The van der Waals surface area contributed by atoms with Gasteiger partial charge in [-0.15, -0.1) is 24.0 Å². The summed E-state index contributed by atoms with van der Waals surface area (Å²) in [6, 6.07) is 3.96. The monoisotopic (exact) mass is 534 g/mol. The molecule has 1 aromatic heterocycles. The Morgan fingerprint density at radius 3 is 2.33 bits per heavy atom. The van der Waals surface area contributed by atoms with E-state index in [-0.39, 0.29) is 24.0 Å². The highest BCUT2D eigenvalue weighted by atomic mass is 127. The molecule has 1 amide bonds. The molecule has 0 spiro atoms. The Morgan fingerprint density at radius 1 is 1.20 bits per heavy atom. The number of hydrogen-bond donors (Lipinski definition) is 3. The van der Waals surface area contributed by atoms with Gasteiger partial charge in [-0.3, -0.25) is 4.99 Å². The molecule has 30 heavy (non-hydrogen) atoms. The number of hydrogen-bond acceptors (Lipinski definition) is 5. The molecule has 0 aliphatic rings. The van der Waals surface area contributed by atoms with Crippen LogP contribution < -0.4 is 20.9 Å². The Balaban J connectivity index is 0.00000841. The second-order valence-electron chi connectivity index (χ2n) is 8.27. The Morgan fingerprint density at radius 2 is 1.83 bits per heavy atom. The Hall–Kier alpha value is -1.78. The normalized spacial score (nSPS) is 11.9. The molecule has 0 fully saturated rings. The fourth-order valence-electron chi connectivity index (χ4n) is 2.86. The molecule has 0 aliphatic heterocycles. The van der Waals surface area contributed by atoms with Crippen molar-refractivity contribution in [2.45, 2.75) is 65.1 Å². The van der Waals surface area contributed by atoms with Crippen LogP contribution in [0.5, 0.6) is 0 Å². The van der Waals surface area contributed by atoms with E-state index in [1.165, 1.54) is 0 Å². The van der Waals surface area contributed by atoms with Crippen LogP contribution in [0.15, 0.2) is 23.3 Å². The van der Waals surface area contributed by atoms with E-state index in [9.17, 15) is 4.79 Å². The van der Waals surface area contributed by atoms with Crippen LogP contribution in [-0.4, -0.2) is 55.9 Å². The quantitative estimate of drug-likeness (QED) is 0.269. The number of amides is 1. The summed E-state index contributed by atoms with van der Waals surface area (Å²) in [5, 5.41) is 9.70. The van der Waals surface area contributed by atoms with Crippen LogP contribution in [0.3, 0.4) is 0 Å². The summed E-state index contributed by atoms with van der Waals surface area (Å²) in [5.74, 6) is 1.58. The SMILES string of the molecule is CCC(CC)(CNC(=NC)NCc1cccnc1N(C)C)NC(=O)OC(C)(C)C.I. The molecule has 0 aromatic carbocycles. The van der Waals surface area contributed by atoms with Crippen molar-refractivity contribution >= 4 is 41.8 Å². The Labute approximate surface area is 198 Å². The lowest BCUT2D eigenvalue weighted by Crippen LogP contribution is -2.57. The molecule has 0 atom stereocenters. The van der Waals surface area contributed by atoms with Gasteiger partial charge in [0.2, 0.25) is 0 Å². The van der Waals surface area contributed by atoms with E-state index in [0.29, 0.717) is 19.0 Å². The minimum Gasteiger partial charge on any atom is -0.444 e. The van der Waals surface area contributed by atoms with Crippen molar-refractivity contribution in [3.05, 3.63) is 23.9 Å². The van der Waals surface area contributed by atoms with E-state index < -0.39 is 17.2 Å². The zero-order valence-corrected chi connectivity index (χ0v) is 22.0. The van der Waals surface area contributed by atoms with Crippen molar-refractivity contribution in [3.8, 4) is 0 Å². The first-order chi connectivity index (χ1) is 13.6. The molecular weight excluding hydrogens is 495 g/mol. The minimum absolute atomic E-state index is 0. The van der Waals surface area contributed by atoms with Crippen LogP contribution in [0.25, 0.3) is 0 Å². The van der Waals surface area contributed by atoms with E-state index >= 15 is 0 Å². The molecular formula is C21H39IN6O2. The van der Waals surface area contributed by atoms with Gasteiger partial charge in [0.1, 0.15) is 11.4 Å². The highest BCUT2D eigenvalue weighted by Crippen LogP contribution is 2.17. The zero-order chi connectivity index (χ0) is 22.1. The third kappa shape index (κ3) is 9.36. The molecule has 0 saturated carbocycles. The number of pyridine rings is 1. The summed E-state index contributed by atoms with van der Waals surface area (Å²) in [6.45, 7) is 10.8. The van der Waals surface area contributed by atoms with Crippen molar-refractivity contribution in [2.75, 3.05) is 32.6 Å². The molecule has 8 nitrogen and oxygen atoms in total. The van der Waals surface area contributed by atoms with E-state index in [0.717, 1.165) is 24.2 Å². The predicted octanol–water partition coefficient (Wildman–Crippen LogP) is 3.51. The van der Waals surface area contributed by atoms with E-state index in [1.807, 2.05) is 51.9 Å². The highest BCUT2D eigenvalue weighted by molar-refractivity contribution is 14.0. The first kappa shape index (κ1) is 28.2. The second kappa shape index (κ2) is 12.8. The summed E-state index contributed by atoms with van der Waals surface area (Å²) in [7, 11) is 5.67. The molecule has 0 bridgehead atoms. The van der Waals surface area contributed by atoms with Gasteiger partial charge in [0, 0.05) is 46.0 Å². The molecule has 9 heteroatoms. The average Bonchev–Trinajstić information content (AvgIpc) is 2.65. The maximum absolute atomic E-state index is 12.3. The van der Waals surface area contributed by atoms with Crippen LogP contribution in [-0.2, 0) is 11.3 Å². The maximum atomic E-state index is 12.3. The number of ether oxygens (including phenoxy) is 1. The number of anilines is 1. The van der Waals surface area contributed by atoms with Crippen molar-refractivity contribution < 1.29 is 9.53 Å². The third-order valence-electron chi connectivity index (χ3n) is 4.67. The number of carbonyl (C=O) groups excluding carboxylic acids is 1. The maximum Gasteiger partial charge on any atom is 0.408 e. The Bertz CT molecular complexity index is 684. The van der Waals surface area contributed by atoms with Gasteiger partial charge in [-0.05, 0) is 39.7 Å². The highest BCUT2D eigenvalue weighted by Gasteiger charge is 2.30. The number of rotatable bonds is 8. The number of alkyl carbamates (subject to hydrolysis) is 1. The van der Waals surface area contributed by atoms with Crippen LogP contribution in [0, 0.1) is 0 Å². The molecule has 0 saturated heterocycles. The lowest BCUT2D eigenvalue weighted by molar-refractivity contribution is 0.0448. The van der Waals surface area contributed by atoms with Gasteiger partial charge in [-0.25, -0.2) is 9.78 Å². The van der Waals surface area contributed by atoms with Gasteiger partial charge in [-0.1, -0.05) is 19.9 Å². The lowest BCUT2D eigenvalue weighted by Gasteiger charge is -2.34. The van der Waals surface area contributed by atoms with E-state index in [1.54, 1.807) is 13.2 Å². The number of aromatic nitrogens is 1. The largest absolute Gasteiger partial charge is 0.444 e. The van der Waals surface area contributed by atoms with Crippen LogP contribution in [0.1, 0.15) is 53.0 Å². The molecule has 3 N–H and O–H groups in total. The summed E-state index contributed by atoms with van der Waals surface area (Å²) in [4.78, 5) is 23.0. The van der Waals surface area contributed by atoms with Gasteiger partial charge in [0.15, 0.2) is 5.96 Å². The topological polar surface area (TPSA) is 90.9 Å². The minimum atomic E-state index is -0.532. The summed E-state index contributed by atoms with van der Waals surface area (Å²) in [5.41, 5.74) is 0.115. The molecule has 1 heterocycles. The predicted molar refractivity (Wildman–Crippen MR) is 135 cm³/mol. The molecule has 172 valence electrons. The molecule has 0 radical (unpaired) electrons. The van der Waals surface area contributed by atoms with Gasteiger partial charge < -0.3 is 25.6 Å². The van der Waals surface area contributed by atoms with Crippen molar-refractivity contribution in [1.82, 2.24) is 20.9 Å². The summed E-state index contributed by atoms with van der Waals surface area (Å²) < 4.78 is 5.44. The summed E-state index contributed by atoms with van der Waals surface area (Å²) in [6.07, 6.45) is 2.91. The number of carbonyl (C=O) groups is 1. The first-order valence-electron chi connectivity index (χ1n) is 10.1. The molecule has 1 rings (SSSR count). The smallest absolute Gasteiger partial charge is 0.408 e. The van der Waals surface area contributed by atoms with Crippen molar-refractivity contribution in [1.29, 1.82) is 0 Å². The zero-order valence-electron chi connectivity index (χ0n) is 19.6. The number of nitrogens with zero attached hydrogens (tertiary/aromatic N) is 3. The fourth-order valence-corrected chi connectivity index (χ4v) is 2.86. The molecule has 0 aliphatic carbocycles. The van der Waals surface area contributed by atoms with Gasteiger partial charge >= 0.3 is 6.09 Å². The summed E-state index contributed by atoms with van der Waals surface area (Å²) >= 11 is 0. The lowest BCUT2D eigenvalue weighted by atomic mass is 9.93. The average molecular weight is 534 g/mol. The van der Waals surface area contributed by atoms with Gasteiger partial charge in [0.25, 0.3) is 0 Å². The molecule has 1 aromatic rings. The number of aliphatic imine (C=N–C) groups is 1. The standard InChI is InChI=1S/C21H38N6O2.HI/c1-9-21(10-2,26-19(28)29-20(3,4)5)15-25-18(22-6)24-14-16-12-11-13-23-17(16)27(7)8;/h11-13H,9-10,14-15H2,1-8H3,(H,26,28)(H2,22,24,25);1H. The van der Waals surface area contributed by atoms with Gasteiger partial charge in [-0.2, -0.15) is 0 Å². The van der Waals surface area contributed by atoms with Crippen molar-refractivity contribution in [2.24, 2.45) is 4.99 Å². The first-order valence-corrected chi connectivity index (χ1v) is 10.1. The fraction of sp³-hybridized carbons (Fsp3) is 0.667. The van der Waals surface area contributed by atoms with Crippen LogP contribution in [0.4, 0.5) is 10.6 Å². The number of halogens is 1. The number of nitrogens with one attached hydrogen (secondary N) is 3. The molecule has 0 unspecified atom stereocenters. The number of guanidine groups is 1. The van der Waals surface area contributed by atoms with Crippen LogP contribution >= 0.6 is 24.0 Å². The van der Waals surface area contributed by atoms with E-state index in [4.69, 9.17) is 4.74 Å². The third-order valence-corrected chi connectivity index (χ3v) is 4.67. The van der Waals surface area contributed by atoms with Gasteiger partial charge in [0.05, 0.1) is 5.54 Å². The van der Waals surface area contributed by atoms with Crippen LogP contribution in [0.2, 0.25) is 0 Å².